The Kier molecular flexibility index (Phi) is 5.14. The number of nitrogens with one attached hydrogen (secondary N) is 2. The number of halogens is 2. The highest BCUT2D eigenvalue weighted by atomic mass is 35.5. The molecule has 21 heavy (non-hydrogen) atoms. The zero-order chi connectivity index (χ0) is 15.4. The van der Waals surface area contributed by atoms with Gasteiger partial charge >= 0.3 is 0 Å². The van der Waals surface area contributed by atoms with Gasteiger partial charge in [-0.05, 0) is 38.1 Å². The first kappa shape index (κ1) is 15.7. The fourth-order valence-corrected chi connectivity index (χ4v) is 2.04. The van der Waals surface area contributed by atoms with Gasteiger partial charge in [-0.15, -0.1) is 0 Å². The second-order valence-electron chi connectivity index (χ2n) is 5.19. The Balaban J connectivity index is 1.78. The Labute approximate surface area is 127 Å². The quantitative estimate of drug-likeness (QED) is 0.839. The Morgan fingerprint density at radius 1 is 1.33 bits per heavy atom. The van der Waals surface area contributed by atoms with E-state index in [0.29, 0.717) is 11.7 Å². The Morgan fingerprint density at radius 2 is 2.00 bits per heavy atom. The van der Waals surface area contributed by atoms with E-state index in [0.717, 1.165) is 18.9 Å². The summed E-state index contributed by atoms with van der Waals surface area (Å²) in [4.78, 5) is 25.0. The highest BCUT2D eigenvalue weighted by molar-refractivity contribution is 6.33. The van der Waals surface area contributed by atoms with Crippen molar-refractivity contribution in [3.8, 4) is 0 Å². The molecule has 0 unspecified atom stereocenters. The molecule has 0 spiro atoms. The lowest BCUT2D eigenvalue weighted by Gasteiger charge is -2.16. The summed E-state index contributed by atoms with van der Waals surface area (Å²) in [6.45, 7) is 0.201. The molecule has 1 aliphatic rings. The van der Waals surface area contributed by atoms with Crippen molar-refractivity contribution >= 4 is 29.1 Å². The van der Waals surface area contributed by atoms with Crippen LogP contribution >= 0.6 is 11.6 Å². The number of benzene rings is 1. The minimum Gasteiger partial charge on any atom is -0.352 e. The maximum absolute atomic E-state index is 12.9. The Bertz CT molecular complexity index is 549. The van der Waals surface area contributed by atoms with E-state index in [1.807, 2.05) is 0 Å². The van der Waals surface area contributed by atoms with Gasteiger partial charge in [0.2, 0.25) is 11.8 Å². The molecule has 0 heterocycles. The van der Waals surface area contributed by atoms with Gasteiger partial charge in [-0.1, -0.05) is 11.6 Å². The third kappa shape index (κ3) is 5.32. The van der Waals surface area contributed by atoms with E-state index in [-0.39, 0.29) is 29.9 Å². The van der Waals surface area contributed by atoms with Crippen molar-refractivity contribution in [2.75, 3.05) is 25.5 Å². The van der Waals surface area contributed by atoms with Crippen LogP contribution in [-0.2, 0) is 9.59 Å². The summed E-state index contributed by atoms with van der Waals surface area (Å²) >= 11 is 5.83. The van der Waals surface area contributed by atoms with Crippen molar-refractivity contribution in [1.82, 2.24) is 10.2 Å². The minimum atomic E-state index is -0.466. The number of carbonyl (C=O) groups is 2. The monoisotopic (exact) mass is 313 g/mol. The van der Waals surface area contributed by atoms with E-state index in [9.17, 15) is 14.0 Å². The van der Waals surface area contributed by atoms with E-state index < -0.39 is 5.82 Å². The number of carbonyl (C=O) groups excluding carboxylic acids is 2. The molecule has 0 atom stereocenters. The van der Waals surface area contributed by atoms with Gasteiger partial charge in [-0.25, -0.2) is 4.39 Å². The van der Waals surface area contributed by atoms with Crippen LogP contribution < -0.4 is 10.6 Å². The van der Waals surface area contributed by atoms with Crippen LogP contribution in [0, 0.1) is 5.82 Å². The molecule has 114 valence electrons. The highest BCUT2D eigenvalue weighted by Gasteiger charge is 2.23. The number of anilines is 1. The topological polar surface area (TPSA) is 61.4 Å². The maximum Gasteiger partial charge on any atom is 0.238 e. The molecule has 2 N–H and O–H groups in total. The summed E-state index contributed by atoms with van der Waals surface area (Å²) < 4.78 is 12.9. The lowest BCUT2D eigenvalue weighted by molar-refractivity contribution is -0.123. The van der Waals surface area contributed by atoms with Crippen molar-refractivity contribution in [3.05, 3.63) is 29.0 Å². The van der Waals surface area contributed by atoms with Crippen molar-refractivity contribution in [1.29, 1.82) is 0 Å². The molecule has 1 aromatic rings. The summed E-state index contributed by atoms with van der Waals surface area (Å²) in [6, 6.07) is 4.05. The van der Waals surface area contributed by atoms with E-state index in [4.69, 9.17) is 11.6 Å². The SMILES string of the molecule is CN(CC(=O)Nc1ccc(F)cc1Cl)CC(=O)NC1CC1. The van der Waals surface area contributed by atoms with Crippen LogP contribution in [0.4, 0.5) is 10.1 Å². The van der Waals surface area contributed by atoms with E-state index in [2.05, 4.69) is 10.6 Å². The van der Waals surface area contributed by atoms with E-state index >= 15 is 0 Å². The number of likely N-dealkylation sites (N-methyl/N-ethyl adjacent to an activating group) is 1. The Morgan fingerprint density at radius 3 is 2.62 bits per heavy atom. The summed E-state index contributed by atoms with van der Waals surface area (Å²) in [6.07, 6.45) is 2.05. The largest absolute Gasteiger partial charge is 0.352 e. The van der Waals surface area contributed by atoms with Gasteiger partial charge in [0, 0.05) is 6.04 Å². The van der Waals surface area contributed by atoms with Gasteiger partial charge in [-0.3, -0.25) is 14.5 Å². The summed E-state index contributed by atoms with van der Waals surface area (Å²) in [5.74, 6) is -0.871. The van der Waals surface area contributed by atoms with Gasteiger partial charge in [0.05, 0.1) is 23.8 Å². The van der Waals surface area contributed by atoms with Crippen molar-refractivity contribution < 1.29 is 14.0 Å². The molecule has 7 heteroatoms. The second-order valence-corrected chi connectivity index (χ2v) is 5.59. The molecular formula is C14H17ClFN3O2. The van der Waals surface area contributed by atoms with Crippen LogP contribution in [0.3, 0.4) is 0 Å². The van der Waals surface area contributed by atoms with Crippen molar-refractivity contribution in [2.45, 2.75) is 18.9 Å². The molecule has 2 amide bonds. The first-order chi connectivity index (χ1) is 9.94. The molecule has 2 rings (SSSR count). The molecule has 0 saturated heterocycles. The number of amides is 2. The van der Waals surface area contributed by atoms with Gasteiger partial charge in [0.1, 0.15) is 5.82 Å². The summed E-state index contributed by atoms with van der Waals surface area (Å²) in [7, 11) is 1.68. The fourth-order valence-electron chi connectivity index (χ4n) is 1.83. The Hall–Kier alpha value is -1.66. The minimum absolute atomic E-state index is 0.0474. The van der Waals surface area contributed by atoms with Crippen LogP contribution in [-0.4, -0.2) is 42.9 Å². The van der Waals surface area contributed by atoms with Crippen LogP contribution in [0.15, 0.2) is 18.2 Å². The summed E-state index contributed by atoms with van der Waals surface area (Å²) in [5.41, 5.74) is 0.346. The van der Waals surface area contributed by atoms with Crippen LogP contribution in [0.25, 0.3) is 0 Å². The maximum atomic E-state index is 12.9. The zero-order valence-corrected chi connectivity index (χ0v) is 12.4. The number of hydrogen-bond acceptors (Lipinski definition) is 3. The molecule has 0 radical (unpaired) electrons. The molecule has 1 saturated carbocycles. The third-order valence-corrected chi connectivity index (χ3v) is 3.29. The zero-order valence-electron chi connectivity index (χ0n) is 11.7. The number of nitrogens with zero attached hydrogens (tertiary/aromatic N) is 1. The standard InChI is InChI=1S/C14H17ClFN3O2/c1-19(7-13(20)17-10-3-4-10)8-14(21)18-12-5-2-9(16)6-11(12)15/h2,5-6,10H,3-4,7-8H2,1H3,(H,17,20)(H,18,21). The molecule has 0 aliphatic heterocycles. The number of hydrogen-bond donors (Lipinski definition) is 2. The first-order valence-corrected chi connectivity index (χ1v) is 7.04. The second kappa shape index (κ2) is 6.87. The lowest BCUT2D eigenvalue weighted by Crippen LogP contribution is -2.39. The summed E-state index contributed by atoms with van der Waals surface area (Å²) in [5, 5.41) is 5.57. The molecule has 1 aromatic carbocycles. The molecular weight excluding hydrogens is 297 g/mol. The average molecular weight is 314 g/mol. The highest BCUT2D eigenvalue weighted by Crippen LogP contribution is 2.22. The molecule has 1 fully saturated rings. The van der Waals surface area contributed by atoms with Gasteiger partial charge in [0.15, 0.2) is 0 Å². The van der Waals surface area contributed by atoms with Crippen LogP contribution in [0.1, 0.15) is 12.8 Å². The van der Waals surface area contributed by atoms with E-state index in [1.54, 1.807) is 11.9 Å². The molecule has 5 nitrogen and oxygen atoms in total. The average Bonchev–Trinajstić information content (AvgIpc) is 3.16. The predicted octanol–water partition coefficient (Wildman–Crippen LogP) is 1.63. The fraction of sp³-hybridized carbons (Fsp3) is 0.429. The van der Waals surface area contributed by atoms with Crippen molar-refractivity contribution in [3.63, 3.8) is 0 Å². The first-order valence-electron chi connectivity index (χ1n) is 6.67. The normalized spacial score (nSPS) is 14.1. The van der Waals surface area contributed by atoms with Gasteiger partial charge < -0.3 is 10.6 Å². The number of rotatable bonds is 6. The van der Waals surface area contributed by atoms with Crippen LogP contribution in [0.2, 0.25) is 5.02 Å². The van der Waals surface area contributed by atoms with E-state index in [1.165, 1.54) is 12.1 Å². The van der Waals surface area contributed by atoms with Gasteiger partial charge in [0.25, 0.3) is 0 Å². The van der Waals surface area contributed by atoms with Crippen LogP contribution in [0.5, 0.6) is 0 Å². The molecule has 0 bridgehead atoms. The van der Waals surface area contributed by atoms with Gasteiger partial charge in [-0.2, -0.15) is 0 Å². The van der Waals surface area contributed by atoms with Crippen molar-refractivity contribution in [2.24, 2.45) is 0 Å². The smallest absolute Gasteiger partial charge is 0.238 e. The lowest BCUT2D eigenvalue weighted by atomic mass is 10.3. The molecule has 1 aliphatic carbocycles. The third-order valence-electron chi connectivity index (χ3n) is 2.97. The molecule has 0 aromatic heterocycles. The predicted molar refractivity (Wildman–Crippen MR) is 78.7 cm³/mol.